The second kappa shape index (κ2) is 7.04. The molecule has 1 aromatic carbocycles. The van der Waals surface area contributed by atoms with Crippen LogP contribution in [-0.2, 0) is 4.79 Å². The number of carbonyl (C=O) groups excluding carboxylic acids is 2. The van der Waals surface area contributed by atoms with E-state index in [2.05, 4.69) is 22.4 Å². The van der Waals surface area contributed by atoms with Gasteiger partial charge < -0.3 is 10.2 Å². The topological polar surface area (TPSA) is 78.1 Å². The van der Waals surface area contributed by atoms with Crippen LogP contribution in [0.2, 0.25) is 0 Å². The van der Waals surface area contributed by atoms with Crippen LogP contribution in [0.25, 0.3) is 10.9 Å². The summed E-state index contributed by atoms with van der Waals surface area (Å²) in [5, 5.41) is 10.7. The Hall–Kier alpha value is -2.02. The van der Waals surface area contributed by atoms with E-state index in [-0.39, 0.29) is 11.8 Å². The number of fused-ring (bicyclic) bond motifs is 1. The van der Waals surface area contributed by atoms with Crippen LogP contribution in [0.3, 0.4) is 0 Å². The number of aromatic nitrogens is 2. The summed E-state index contributed by atoms with van der Waals surface area (Å²) < 4.78 is 0. The van der Waals surface area contributed by atoms with Gasteiger partial charge in [-0.05, 0) is 12.5 Å². The molecule has 2 amide bonds. The zero-order chi connectivity index (χ0) is 16.2. The normalized spacial score (nSPS) is 17.6. The van der Waals surface area contributed by atoms with Crippen molar-refractivity contribution in [1.82, 2.24) is 20.4 Å². The van der Waals surface area contributed by atoms with Crippen LogP contribution in [-0.4, -0.2) is 51.1 Å². The molecule has 6 nitrogen and oxygen atoms in total. The molecule has 7 heteroatoms. The van der Waals surface area contributed by atoms with Gasteiger partial charge in [0.25, 0.3) is 5.91 Å². The molecule has 0 unspecified atom stereocenters. The van der Waals surface area contributed by atoms with Crippen LogP contribution >= 0.6 is 11.8 Å². The molecule has 1 saturated heterocycles. The Balaban J connectivity index is 1.77. The van der Waals surface area contributed by atoms with Crippen molar-refractivity contribution in [2.45, 2.75) is 25.8 Å². The molecular formula is C16H20N4O2S. The number of thioether (sulfide) groups is 1. The quantitative estimate of drug-likeness (QED) is 0.821. The highest BCUT2D eigenvalue weighted by molar-refractivity contribution is 7.99. The summed E-state index contributed by atoms with van der Waals surface area (Å²) in [6, 6.07) is 7.10. The molecule has 23 heavy (non-hydrogen) atoms. The first-order valence-corrected chi connectivity index (χ1v) is 8.97. The number of aromatic amines is 1. The van der Waals surface area contributed by atoms with Gasteiger partial charge in [-0.3, -0.25) is 14.7 Å². The number of rotatable bonds is 5. The van der Waals surface area contributed by atoms with Gasteiger partial charge in [-0.2, -0.15) is 5.10 Å². The number of hydrogen-bond acceptors (Lipinski definition) is 4. The molecule has 1 fully saturated rings. The van der Waals surface area contributed by atoms with Gasteiger partial charge in [0.1, 0.15) is 6.04 Å². The van der Waals surface area contributed by atoms with E-state index >= 15 is 0 Å². The molecule has 1 aromatic heterocycles. The zero-order valence-corrected chi connectivity index (χ0v) is 13.9. The predicted octanol–water partition coefficient (Wildman–Crippen LogP) is 1.99. The molecule has 1 aliphatic rings. The Kier molecular flexibility index (Phi) is 4.85. The zero-order valence-electron chi connectivity index (χ0n) is 13.0. The Morgan fingerprint density at radius 3 is 3.09 bits per heavy atom. The Labute approximate surface area is 139 Å². The lowest BCUT2D eigenvalue weighted by atomic mass is 10.1. The molecule has 0 bridgehead atoms. The molecule has 2 N–H and O–H groups in total. The number of nitrogens with one attached hydrogen (secondary N) is 2. The van der Waals surface area contributed by atoms with Gasteiger partial charge in [0.2, 0.25) is 5.91 Å². The molecule has 0 spiro atoms. The van der Waals surface area contributed by atoms with Crippen molar-refractivity contribution in [1.29, 1.82) is 0 Å². The number of amides is 2. The summed E-state index contributed by atoms with van der Waals surface area (Å²) in [5.41, 5.74) is 1.21. The summed E-state index contributed by atoms with van der Waals surface area (Å²) >= 11 is 1.60. The molecule has 122 valence electrons. The minimum absolute atomic E-state index is 0.0726. The number of benzene rings is 1. The van der Waals surface area contributed by atoms with E-state index in [0.29, 0.717) is 23.9 Å². The maximum absolute atomic E-state index is 12.8. The van der Waals surface area contributed by atoms with Crippen molar-refractivity contribution in [2.24, 2.45) is 0 Å². The Morgan fingerprint density at radius 2 is 2.26 bits per heavy atom. The van der Waals surface area contributed by atoms with E-state index in [4.69, 9.17) is 0 Å². The molecule has 0 aliphatic carbocycles. The average Bonchev–Trinajstić information content (AvgIpc) is 3.21. The third-order valence-corrected chi connectivity index (χ3v) is 4.96. The van der Waals surface area contributed by atoms with E-state index in [0.717, 1.165) is 23.7 Å². The molecule has 2 heterocycles. The second-order valence-electron chi connectivity index (χ2n) is 5.55. The molecule has 3 rings (SSSR count). The number of para-hydroxylation sites is 1. The highest BCUT2D eigenvalue weighted by Crippen LogP contribution is 2.25. The van der Waals surface area contributed by atoms with Crippen molar-refractivity contribution in [3.05, 3.63) is 30.0 Å². The Bertz CT molecular complexity index is 715. The first-order chi connectivity index (χ1) is 11.2. The molecular weight excluding hydrogens is 312 g/mol. The third kappa shape index (κ3) is 3.19. The molecule has 0 radical (unpaired) electrons. The highest BCUT2D eigenvalue weighted by atomic mass is 32.2. The molecule has 2 aromatic rings. The maximum Gasteiger partial charge on any atom is 0.276 e. The molecule has 1 aliphatic heterocycles. The van der Waals surface area contributed by atoms with Gasteiger partial charge >= 0.3 is 0 Å². The van der Waals surface area contributed by atoms with Crippen molar-refractivity contribution in [3.8, 4) is 0 Å². The van der Waals surface area contributed by atoms with Crippen molar-refractivity contribution >= 4 is 34.5 Å². The average molecular weight is 332 g/mol. The van der Waals surface area contributed by atoms with Crippen molar-refractivity contribution in [3.63, 3.8) is 0 Å². The van der Waals surface area contributed by atoms with Crippen LogP contribution in [0.1, 0.15) is 30.3 Å². The van der Waals surface area contributed by atoms with Gasteiger partial charge in [0.15, 0.2) is 5.69 Å². The van der Waals surface area contributed by atoms with E-state index < -0.39 is 6.04 Å². The monoisotopic (exact) mass is 332 g/mol. The molecule has 1 atom stereocenters. The maximum atomic E-state index is 12.8. The Morgan fingerprint density at radius 1 is 1.43 bits per heavy atom. The van der Waals surface area contributed by atoms with E-state index in [9.17, 15) is 9.59 Å². The van der Waals surface area contributed by atoms with Gasteiger partial charge in [0, 0.05) is 17.7 Å². The summed E-state index contributed by atoms with van der Waals surface area (Å²) in [6.07, 6.45) is 1.98. The van der Waals surface area contributed by atoms with Gasteiger partial charge in [-0.15, -0.1) is 11.8 Å². The lowest BCUT2D eigenvalue weighted by Crippen LogP contribution is -2.47. The van der Waals surface area contributed by atoms with Crippen LogP contribution in [0.5, 0.6) is 0 Å². The van der Waals surface area contributed by atoms with Crippen molar-refractivity contribution in [2.75, 3.05) is 18.2 Å². The minimum Gasteiger partial charge on any atom is -0.354 e. The summed E-state index contributed by atoms with van der Waals surface area (Å²) in [5.74, 6) is 0.887. The first-order valence-electron chi connectivity index (χ1n) is 7.82. The smallest absolute Gasteiger partial charge is 0.276 e. The van der Waals surface area contributed by atoms with Gasteiger partial charge in [-0.25, -0.2) is 0 Å². The van der Waals surface area contributed by atoms with Crippen LogP contribution < -0.4 is 5.32 Å². The summed E-state index contributed by atoms with van der Waals surface area (Å²) in [7, 11) is 0. The number of carbonyl (C=O) groups is 2. The van der Waals surface area contributed by atoms with Gasteiger partial charge in [0.05, 0.1) is 11.4 Å². The van der Waals surface area contributed by atoms with Crippen molar-refractivity contribution < 1.29 is 9.59 Å². The number of hydrogen-bond donors (Lipinski definition) is 2. The third-order valence-electron chi connectivity index (χ3n) is 3.95. The van der Waals surface area contributed by atoms with Gasteiger partial charge in [-0.1, -0.05) is 31.5 Å². The first kappa shape index (κ1) is 15.9. The van der Waals surface area contributed by atoms with Crippen LogP contribution in [0.4, 0.5) is 0 Å². The number of H-pyrrole nitrogens is 1. The van der Waals surface area contributed by atoms with E-state index in [1.165, 1.54) is 0 Å². The largest absolute Gasteiger partial charge is 0.354 e. The molecule has 0 saturated carbocycles. The summed E-state index contributed by atoms with van der Waals surface area (Å²) in [6.45, 7) is 2.74. The van der Waals surface area contributed by atoms with E-state index in [1.54, 1.807) is 16.7 Å². The fourth-order valence-corrected chi connectivity index (χ4v) is 3.78. The summed E-state index contributed by atoms with van der Waals surface area (Å²) in [4.78, 5) is 26.8. The second-order valence-corrected chi connectivity index (χ2v) is 6.55. The standard InChI is InChI=1S/C16H20N4O2S/c1-2-3-8-17-15(21)13-9-23-10-20(13)16(22)14-11-6-4-5-7-12(11)18-19-14/h4-7,13H,2-3,8-10H2,1H3,(H,17,21)(H,18,19)/t13-/m1/s1. The lowest BCUT2D eigenvalue weighted by Gasteiger charge is -2.22. The van der Waals surface area contributed by atoms with Crippen LogP contribution in [0, 0.1) is 0 Å². The van der Waals surface area contributed by atoms with Crippen LogP contribution in [0.15, 0.2) is 24.3 Å². The lowest BCUT2D eigenvalue weighted by molar-refractivity contribution is -0.124. The fourth-order valence-electron chi connectivity index (χ4n) is 2.63. The number of nitrogens with zero attached hydrogens (tertiary/aromatic N) is 2. The van der Waals surface area contributed by atoms with E-state index in [1.807, 2.05) is 24.3 Å². The fraction of sp³-hybridized carbons (Fsp3) is 0.438. The minimum atomic E-state index is -0.417. The SMILES string of the molecule is CCCCNC(=O)[C@H]1CSCN1C(=O)c1n[nH]c2ccccc12. The predicted molar refractivity (Wildman–Crippen MR) is 91.3 cm³/mol. The highest BCUT2D eigenvalue weighted by Gasteiger charge is 2.36. The number of unbranched alkanes of at least 4 members (excludes halogenated alkanes) is 1.